The second kappa shape index (κ2) is 8.05. The van der Waals surface area contributed by atoms with Crippen molar-refractivity contribution in [1.29, 1.82) is 0 Å². The quantitative estimate of drug-likeness (QED) is 0.554. The van der Waals surface area contributed by atoms with E-state index in [4.69, 9.17) is 0 Å². The predicted octanol–water partition coefficient (Wildman–Crippen LogP) is 4.99. The van der Waals surface area contributed by atoms with Crippen molar-refractivity contribution >= 4 is 21.6 Å². The summed E-state index contributed by atoms with van der Waals surface area (Å²) in [7, 11) is 4.08. The van der Waals surface area contributed by atoms with E-state index in [1.165, 1.54) is 19.3 Å². The van der Waals surface area contributed by atoms with Crippen LogP contribution in [0.1, 0.15) is 53.9 Å². The highest BCUT2D eigenvalue weighted by Crippen LogP contribution is 2.35. The maximum absolute atomic E-state index is 2.38. The lowest BCUT2D eigenvalue weighted by atomic mass is 10.0. The molecule has 0 fully saturated rings. The van der Waals surface area contributed by atoms with Gasteiger partial charge in [-0.1, -0.05) is 69.0 Å². The van der Waals surface area contributed by atoms with E-state index in [1.54, 1.807) is 0 Å². The summed E-state index contributed by atoms with van der Waals surface area (Å²) < 4.78 is 0. The van der Waals surface area contributed by atoms with Crippen LogP contribution in [0.2, 0.25) is 0 Å². The van der Waals surface area contributed by atoms with Crippen molar-refractivity contribution in [3.63, 3.8) is 0 Å². The molecule has 13 heavy (non-hydrogen) atoms. The van der Waals surface area contributed by atoms with Crippen molar-refractivity contribution in [3.05, 3.63) is 0 Å². The van der Waals surface area contributed by atoms with Crippen LogP contribution in [0.25, 0.3) is 0 Å². The fourth-order valence-corrected chi connectivity index (χ4v) is 3.54. The lowest BCUT2D eigenvalue weighted by Gasteiger charge is -2.19. The molecular weight excluding hydrogens is 196 g/mol. The highest BCUT2D eigenvalue weighted by atomic mass is 33.1. The van der Waals surface area contributed by atoms with E-state index < -0.39 is 0 Å². The van der Waals surface area contributed by atoms with E-state index in [1.807, 2.05) is 10.8 Å². The molecule has 0 spiro atoms. The first kappa shape index (κ1) is 13.7. The summed E-state index contributed by atoms with van der Waals surface area (Å²) in [5.41, 5.74) is 0. The van der Waals surface area contributed by atoms with Crippen molar-refractivity contribution in [3.8, 4) is 0 Å². The highest BCUT2D eigenvalue weighted by molar-refractivity contribution is 8.77. The van der Waals surface area contributed by atoms with Gasteiger partial charge in [-0.3, -0.25) is 0 Å². The van der Waals surface area contributed by atoms with Crippen molar-refractivity contribution < 1.29 is 0 Å². The lowest BCUT2D eigenvalue weighted by molar-refractivity contribution is 0.504. The van der Waals surface area contributed by atoms with Crippen LogP contribution < -0.4 is 0 Å². The Hall–Kier alpha value is 0.700. The molecule has 0 aromatic heterocycles. The molecule has 0 aliphatic heterocycles. The van der Waals surface area contributed by atoms with Gasteiger partial charge in [0.15, 0.2) is 0 Å². The topological polar surface area (TPSA) is 0 Å². The summed E-state index contributed by atoms with van der Waals surface area (Å²) in [6.07, 6.45) is 4.11. The Morgan fingerprint density at radius 3 is 2.08 bits per heavy atom. The molecule has 0 radical (unpaired) electrons. The van der Waals surface area contributed by atoms with Crippen LogP contribution in [0.15, 0.2) is 0 Å². The summed E-state index contributed by atoms with van der Waals surface area (Å²) >= 11 is 0. The van der Waals surface area contributed by atoms with Crippen molar-refractivity contribution in [2.45, 2.75) is 64.4 Å². The molecule has 0 aliphatic rings. The fourth-order valence-electron chi connectivity index (χ4n) is 1.05. The second-order valence-corrected chi connectivity index (χ2v) is 7.29. The van der Waals surface area contributed by atoms with Gasteiger partial charge in [-0.05, 0) is 12.3 Å². The van der Waals surface area contributed by atoms with E-state index in [2.05, 4.69) is 45.4 Å². The first-order chi connectivity index (χ1) is 6.07. The third-order valence-electron chi connectivity index (χ3n) is 2.21. The Kier molecular flexibility index (Phi) is 8.48. The van der Waals surface area contributed by atoms with Gasteiger partial charge < -0.3 is 0 Å². The number of rotatable bonds is 7. The third kappa shape index (κ3) is 7.75. The molecule has 2 unspecified atom stereocenters. The molecule has 0 amide bonds. The summed E-state index contributed by atoms with van der Waals surface area (Å²) in [6, 6.07) is 0. The molecule has 2 atom stereocenters. The standard InChI is InChI=1S/C11H24S2/c1-6-7-8-10(4)11(5)13-12-9(2)3/h9-11H,6-8H2,1-5H3. The molecule has 2 heteroatoms. The van der Waals surface area contributed by atoms with Gasteiger partial charge in [0.1, 0.15) is 0 Å². The van der Waals surface area contributed by atoms with Crippen LogP contribution in [-0.4, -0.2) is 10.5 Å². The van der Waals surface area contributed by atoms with E-state index in [0.717, 1.165) is 16.4 Å². The monoisotopic (exact) mass is 220 g/mol. The van der Waals surface area contributed by atoms with Crippen LogP contribution in [0.3, 0.4) is 0 Å². The zero-order valence-corrected chi connectivity index (χ0v) is 11.3. The number of unbranched alkanes of at least 4 members (excludes halogenated alkanes) is 1. The molecule has 0 saturated carbocycles. The highest BCUT2D eigenvalue weighted by Gasteiger charge is 2.12. The van der Waals surface area contributed by atoms with Crippen LogP contribution in [0.4, 0.5) is 0 Å². The van der Waals surface area contributed by atoms with Crippen LogP contribution in [0.5, 0.6) is 0 Å². The van der Waals surface area contributed by atoms with Crippen LogP contribution >= 0.6 is 21.6 Å². The first-order valence-corrected chi connectivity index (χ1v) is 7.67. The van der Waals surface area contributed by atoms with E-state index >= 15 is 0 Å². The molecule has 0 nitrogen and oxygen atoms in total. The molecule has 0 saturated heterocycles. The van der Waals surface area contributed by atoms with Gasteiger partial charge >= 0.3 is 0 Å². The molecule has 0 aromatic rings. The Morgan fingerprint density at radius 2 is 1.62 bits per heavy atom. The summed E-state index contributed by atoms with van der Waals surface area (Å²) in [5.74, 6) is 0.871. The Bertz CT molecular complexity index is 113. The SMILES string of the molecule is CCCCC(C)C(C)SSC(C)C. The Labute approximate surface area is 92.0 Å². The number of hydrogen-bond donors (Lipinski definition) is 0. The van der Waals surface area contributed by atoms with Gasteiger partial charge in [-0.25, -0.2) is 0 Å². The average molecular weight is 220 g/mol. The zero-order chi connectivity index (χ0) is 10.3. The minimum absolute atomic E-state index is 0.755. The number of hydrogen-bond acceptors (Lipinski definition) is 2. The van der Waals surface area contributed by atoms with Gasteiger partial charge in [0.05, 0.1) is 0 Å². The maximum atomic E-state index is 2.38. The van der Waals surface area contributed by atoms with Crippen molar-refractivity contribution in [1.82, 2.24) is 0 Å². The molecular formula is C11H24S2. The first-order valence-electron chi connectivity index (χ1n) is 5.40. The van der Waals surface area contributed by atoms with Gasteiger partial charge in [-0.15, -0.1) is 0 Å². The Balaban J connectivity index is 3.50. The molecule has 0 aliphatic carbocycles. The van der Waals surface area contributed by atoms with E-state index in [-0.39, 0.29) is 0 Å². The van der Waals surface area contributed by atoms with Crippen molar-refractivity contribution in [2.75, 3.05) is 0 Å². The molecule has 80 valence electrons. The maximum Gasteiger partial charge on any atom is 0.0148 e. The Morgan fingerprint density at radius 1 is 1.00 bits per heavy atom. The van der Waals surface area contributed by atoms with Crippen LogP contribution in [-0.2, 0) is 0 Å². The average Bonchev–Trinajstić information content (AvgIpc) is 2.10. The fraction of sp³-hybridized carbons (Fsp3) is 1.00. The minimum Gasteiger partial charge on any atom is -0.0910 e. The van der Waals surface area contributed by atoms with E-state index in [9.17, 15) is 0 Å². The third-order valence-corrected chi connectivity index (χ3v) is 5.88. The largest absolute Gasteiger partial charge is 0.0910 e. The summed E-state index contributed by atoms with van der Waals surface area (Å²) in [4.78, 5) is 0. The van der Waals surface area contributed by atoms with E-state index in [0.29, 0.717) is 0 Å². The molecule has 0 rings (SSSR count). The lowest BCUT2D eigenvalue weighted by Crippen LogP contribution is -2.09. The zero-order valence-electron chi connectivity index (χ0n) is 9.67. The molecule has 0 aromatic carbocycles. The van der Waals surface area contributed by atoms with Gasteiger partial charge in [0.25, 0.3) is 0 Å². The van der Waals surface area contributed by atoms with Crippen LogP contribution in [0, 0.1) is 5.92 Å². The normalized spacial score (nSPS) is 16.2. The van der Waals surface area contributed by atoms with Gasteiger partial charge in [0, 0.05) is 10.5 Å². The van der Waals surface area contributed by atoms with Crippen molar-refractivity contribution in [2.24, 2.45) is 5.92 Å². The molecule has 0 N–H and O–H groups in total. The summed E-state index contributed by atoms with van der Waals surface area (Å²) in [6.45, 7) is 11.5. The minimum atomic E-state index is 0.755. The summed E-state index contributed by atoms with van der Waals surface area (Å²) in [5, 5.41) is 1.56. The second-order valence-electron chi connectivity index (χ2n) is 4.07. The molecule has 0 bridgehead atoms. The van der Waals surface area contributed by atoms with Gasteiger partial charge in [-0.2, -0.15) is 0 Å². The van der Waals surface area contributed by atoms with Gasteiger partial charge in [0.2, 0.25) is 0 Å². The smallest absolute Gasteiger partial charge is 0.0148 e. The molecule has 0 heterocycles. The predicted molar refractivity (Wildman–Crippen MR) is 68.5 cm³/mol.